The van der Waals surface area contributed by atoms with Crippen LogP contribution in [-0.4, -0.2) is 4.98 Å². The Morgan fingerprint density at radius 1 is 1.25 bits per heavy atom. The topological polar surface area (TPSA) is 24.9 Å². The summed E-state index contributed by atoms with van der Waals surface area (Å²) in [4.78, 5) is 4.17. The summed E-state index contributed by atoms with van der Waals surface area (Å²) in [5, 5.41) is 3.11. The summed E-state index contributed by atoms with van der Waals surface area (Å²) in [6.45, 7) is 0.585. The molecule has 0 fully saturated rings. The highest BCUT2D eigenvalue weighted by Crippen LogP contribution is 2.19. The lowest BCUT2D eigenvalue weighted by molar-refractivity contribution is 0.621. The van der Waals surface area contributed by atoms with E-state index in [1.165, 1.54) is 6.07 Å². The van der Waals surface area contributed by atoms with Gasteiger partial charge in [-0.2, -0.15) is 0 Å². The summed E-state index contributed by atoms with van der Waals surface area (Å²) in [7, 11) is 0. The molecule has 4 heteroatoms. The lowest BCUT2D eigenvalue weighted by Gasteiger charge is -2.06. The first kappa shape index (κ1) is 11.1. The number of rotatable bonds is 3. The summed E-state index contributed by atoms with van der Waals surface area (Å²) >= 11 is 3.11. The molecule has 1 heterocycles. The van der Waals surface area contributed by atoms with E-state index in [4.69, 9.17) is 0 Å². The monoisotopic (exact) mass is 280 g/mol. The maximum absolute atomic E-state index is 13.2. The minimum Gasteiger partial charge on any atom is -0.379 e. The summed E-state index contributed by atoms with van der Waals surface area (Å²) in [6.07, 6.45) is 1.74. The number of anilines is 1. The molecule has 2 rings (SSSR count). The summed E-state index contributed by atoms with van der Waals surface area (Å²) in [5.74, 6) is -0.272. The van der Waals surface area contributed by atoms with Gasteiger partial charge in [0, 0.05) is 11.9 Å². The van der Waals surface area contributed by atoms with Crippen molar-refractivity contribution in [1.82, 2.24) is 4.98 Å². The molecule has 2 aromatic rings. The standard InChI is InChI=1S/C12H10BrFN2/c13-11-5-4-9(7-12(11)14)16-8-10-3-1-2-6-15-10/h1-7,16H,8H2. The van der Waals surface area contributed by atoms with Crippen molar-refractivity contribution in [1.29, 1.82) is 0 Å². The Labute approximate surface area is 102 Å². The Hall–Kier alpha value is -1.42. The average Bonchev–Trinajstić information content (AvgIpc) is 2.32. The molecule has 0 bridgehead atoms. The van der Waals surface area contributed by atoms with E-state index in [1.54, 1.807) is 12.3 Å². The molecule has 0 saturated heterocycles. The van der Waals surface area contributed by atoms with Crippen LogP contribution in [0.3, 0.4) is 0 Å². The van der Waals surface area contributed by atoms with Crippen molar-refractivity contribution in [2.45, 2.75) is 6.54 Å². The van der Waals surface area contributed by atoms with Gasteiger partial charge in [-0.3, -0.25) is 4.98 Å². The van der Waals surface area contributed by atoms with Crippen LogP contribution in [0.25, 0.3) is 0 Å². The third-order valence-corrected chi connectivity index (χ3v) is 2.76. The molecule has 0 amide bonds. The van der Waals surface area contributed by atoms with Crippen LogP contribution in [0, 0.1) is 5.82 Å². The number of nitrogens with one attached hydrogen (secondary N) is 1. The van der Waals surface area contributed by atoms with Crippen molar-refractivity contribution in [3.8, 4) is 0 Å². The van der Waals surface area contributed by atoms with E-state index in [0.29, 0.717) is 11.0 Å². The first-order valence-corrected chi connectivity index (χ1v) is 5.64. The van der Waals surface area contributed by atoms with E-state index in [0.717, 1.165) is 11.4 Å². The second-order valence-corrected chi connectivity index (χ2v) is 4.16. The van der Waals surface area contributed by atoms with Crippen LogP contribution >= 0.6 is 15.9 Å². The predicted molar refractivity (Wildman–Crippen MR) is 65.7 cm³/mol. The SMILES string of the molecule is Fc1cc(NCc2ccccn2)ccc1Br. The van der Waals surface area contributed by atoms with Gasteiger partial charge in [0.25, 0.3) is 0 Å². The molecule has 2 nitrogen and oxygen atoms in total. The molecule has 0 aliphatic rings. The zero-order chi connectivity index (χ0) is 11.4. The number of aromatic nitrogens is 1. The highest BCUT2D eigenvalue weighted by Gasteiger charge is 2.00. The predicted octanol–water partition coefficient (Wildman–Crippen LogP) is 3.60. The third kappa shape index (κ3) is 2.79. The molecule has 0 unspecified atom stereocenters. The van der Waals surface area contributed by atoms with Crippen molar-refractivity contribution in [2.24, 2.45) is 0 Å². The molecule has 0 atom stereocenters. The van der Waals surface area contributed by atoms with Gasteiger partial charge >= 0.3 is 0 Å². The number of halogens is 2. The van der Waals surface area contributed by atoms with Crippen LogP contribution in [0.15, 0.2) is 47.1 Å². The number of hydrogen-bond donors (Lipinski definition) is 1. The minimum atomic E-state index is -0.272. The lowest BCUT2D eigenvalue weighted by atomic mass is 10.3. The van der Waals surface area contributed by atoms with Gasteiger partial charge in [-0.25, -0.2) is 4.39 Å². The molecule has 82 valence electrons. The number of pyridine rings is 1. The fourth-order valence-electron chi connectivity index (χ4n) is 1.30. The minimum absolute atomic E-state index is 0.272. The third-order valence-electron chi connectivity index (χ3n) is 2.12. The first-order chi connectivity index (χ1) is 7.75. The van der Waals surface area contributed by atoms with Crippen LogP contribution in [0.2, 0.25) is 0 Å². The van der Waals surface area contributed by atoms with E-state index < -0.39 is 0 Å². The van der Waals surface area contributed by atoms with Crippen LogP contribution in [0.4, 0.5) is 10.1 Å². The Morgan fingerprint density at radius 2 is 2.12 bits per heavy atom. The number of nitrogens with zero attached hydrogens (tertiary/aromatic N) is 1. The van der Waals surface area contributed by atoms with Crippen molar-refractivity contribution >= 4 is 21.6 Å². The Bertz CT molecular complexity index is 474. The van der Waals surface area contributed by atoms with E-state index in [9.17, 15) is 4.39 Å². The zero-order valence-corrected chi connectivity index (χ0v) is 10.0. The Balaban J connectivity index is 2.03. The van der Waals surface area contributed by atoms with E-state index in [1.807, 2.05) is 24.3 Å². The summed E-state index contributed by atoms with van der Waals surface area (Å²) < 4.78 is 13.7. The molecule has 16 heavy (non-hydrogen) atoms. The lowest BCUT2D eigenvalue weighted by Crippen LogP contribution is -2.01. The maximum atomic E-state index is 13.2. The van der Waals surface area contributed by atoms with Crippen molar-refractivity contribution in [3.05, 3.63) is 58.6 Å². The van der Waals surface area contributed by atoms with E-state index in [2.05, 4.69) is 26.2 Å². The second-order valence-electron chi connectivity index (χ2n) is 3.30. The molecule has 0 aliphatic carbocycles. The zero-order valence-electron chi connectivity index (χ0n) is 8.45. The average molecular weight is 281 g/mol. The van der Waals surface area contributed by atoms with Gasteiger partial charge in [0.1, 0.15) is 5.82 Å². The summed E-state index contributed by atoms with van der Waals surface area (Å²) in [5.41, 5.74) is 1.66. The molecule has 0 aliphatic heterocycles. The highest BCUT2D eigenvalue weighted by atomic mass is 79.9. The van der Waals surface area contributed by atoms with Gasteiger partial charge in [-0.05, 0) is 46.3 Å². The van der Waals surface area contributed by atoms with Crippen molar-refractivity contribution in [2.75, 3.05) is 5.32 Å². The van der Waals surface area contributed by atoms with E-state index in [-0.39, 0.29) is 5.82 Å². The fourth-order valence-corrected chi connectivity index (χ4v) is 1.55. The normalized spacial score (nSPS) is 10.1. The van der Waals surface area contributed by atoms with Gasteiger partial charge in [-0.15, -0.1) is 0 Å². The van der Waals surface area contributed by atoms with Crippen molar-refractivity contribution < 1.29 is 4.39 Å². The van der Waals surface area contributed by atoms with Crippen LogP contribution in [-0.2, 0) is 6.54 Å². The van der Waals surface area contributed by atoms with Crippen LogP contribution < -0.4 is 5.32 Å². The Kier molecular flexibility index (Phi) is 3.51. The van der Waals surface area contributed by atoms with Crippen LogP contribution in [0.5, 0.6) is 0 Å². The van der Waals surface area contributed by atoms with Crippen molar-refractivity contribution in [3.63, 3.8) is 0 Å². The van der Waals surface area contributed by atoms with Gasteiger partial charge in [0.2, 0.25) is 0 Å². The molecule has 0 spiro atoms. The first-order valence-electron chi connectivity index (χ1n) is 4.84. The molecule has 1 N–H and O–H groups in total. The van der Waals surface area contributed by atoms with Gasteiger partial charge in [0.15, 0.2) is 0 Å². The smallest absolute Gasteiger partial charge is 0.139 e. The molecule has 0 saturated carbocycles. The molecule has 1 aromatic carbocycles. The Morgan fingerprint density at radius 3 is 2.81 bits per heavy atom. The van der Waals surface area contributed by atoms with Gasteiger partial charge < -0.3 is 5.32 Å². The second kappa shape index (κ2) is 5.07. The van der Waals surface area contributed by atoms with Gasteiger partial charge in [0.05, 0.1) is 16.7 Å². The largest absolute Gasteiger partial charge is 0.379 e. The molecule has 1 aromatic heterocycles. The molecular formula is C12H10BrFN2. The number of hydrogen-bond acceptors (Lipinski definition) is 2. The maximum Gasteiger partial charge on any atom is 0.139 e. The number of benzene rings is 1. The molecular weight excluding hydrogens is 271 g/mol. The molecule has 0 radical (unpaired) electrons. The van der Waals surface area contributed by atoms with Crippen LogP contribution in [0.1, 0.15) is 5.69 Å². The highest BCUT2D eigenvalue weighted by molar-refractivity contribution is 9.10. The quantitative estimate of drug-likeness (QED) is 0.929. The van der Waals surface area contributed by atoms with Gasteiger partial charge in [-0.1, -0.05) is 6.07 Å². The van der Waals surface area contributed by atoms with E-state index >= 15 is 0 Å². The summed E-state index contributed by atoms with van der Waals surface area (Å²) in [6, 6.07) is 10.6. The fraction of sp³-hybridized carbons (Fsp3) is 0.0833.